The van der Waals surface area contributed by atoms with Gasteiger partial charge in [0, 0.05) is 57.5 Å². The van der Waals surface area contributed by atoms with Crippen molar-refractivity contribution in [2.24, 2.45) is 5.73 Å². The lowest BCUT2D eigenvalue weighted by atomic mass is 10.0. The number of carbonyl (C=O) groups is 1. The number of nitrogens with two attached hydrogens (primary N) is 1. The summed E-state index contributed by atoms with van der Waals surface area (Å²) in [5.41, 5.74) is 9.69. The maximum absolute atomic E-state index is 14.9. The number of aryl methyl sites for hydroxylation is 1. The zero-order chi connectivity index (χ0) is 25.1. The molecule has 1 aliphatic rings. The van der Waals surface area contributed by atoms with E-state index < -0.39 is 11.9 Å². The van der Waals surface area contributed by atoms with Crippen molar-refractivity contribution in [1.29, 1.82) is 0 Å². The molecule has 3 N–H and O–H groups in total. The standard InChI is InChI=1S/C27H29FN6O2/c1-18-15-32-26-25(18)24(6-8-31-26)36-23-5-4-19(13-21(23)28)14-22(29)27(35)34-11-9-33(10-12-34)17-20-3-2-7-30-16-20/h2-8,13,15-16,22H,9-12,14,17,29H2,1H3,(H,31,32)/t22-/m0/s1. The zero-order valence-electron chi connectivity index (χ0n) is 20.2. The molecule has 1 atom stereocenters. The first kappa shape index (κ1) is 23.9. The summed E-state index contributed by atoms with van der Waals surface area (Å²) < 4.78 is 20.8. The number of pyridine rings is 2. The number of piperazine rings is 1. The first-order chi connectivity index (χ1) is 17.5. The highest BCUT2D eigenvalue weighted by molar-refractivity contribution is 5.86. The van der Waals surface area contributed by atoms with Crippen LogP contribution in [-0.4, -0.2) is 62.9 Å². The maximum atomic E-state index is 14.9. The minimum Gasteiger partial charge on any atom is -0.453 e. The van der Waals surface area contributed by atoms with Gasteiger partial charge in [0.15, 0.2) is 11.6 Å². The molecule has 1 aromatic carbocycles. The number of ether oxygens (including phenoxy) is 1. The third kappa shape index (κ3) is 5.22. The fourth-order valence-corrected chi connectivity index (χ4v) is 4.59. The van der Waals surface area contributed by atoms with Crippen molar-refractivity contribution in [1.82, 2.24) is 24.8 Å². The minimum absolute atomic E-state index is 0.108. The average molecular weight is 489 g/mol. The summed E-state index contributed by atoms with van der Waals surface area (Å²) in [4.78, 5) is 28.5. The van der Waals surface area contributed by atoms with E-state index in [9.17, 15) is 9.18 Å². The van der Waals surface area contributed by atoms with Crippen LogP contribution in [0.5, 0.6) is 11.5 Å². The lowest BCUT2D eigenvalue weighted by Crippen LogP contribution is -2.53. The first-order valence-corrected chi connectivity index (χ1v) is 12.0. The summed E-state index contributed by atoms with van der Waals surface area (Å²) >= 11 is 0. The van der Waals surface area contributed by atoms with Crippen LogP contribution in [0.1, 0.15) is 16.7 Å². The highest BCUT2D eigenvalue weighted by atomic mass is 19.1. The van der Waals surface area contributed by atoms with Crippen LogP contribution in [0.15, 0.2) is 61.2 Å². The number of aromatic nitrogens is 3. The number of halogens is 1. The summed E-state index contributed by atoms with van der Waals surface area (Å²) in [7, 11) is 0. The molecule has 0 saturated carbocycles. The number of H-pyrrole nitrogens is 1. The number of hydrogen-bond acceptors (Lipinski definition) is 6. The molecular weight excluding hydrogens is 459 g/mol. The van der Waals surface area contributed by atoms with E-state index in [1.54, 1.807) is 35.5 Å². The number of benzene rings is 1. The number of nitrogens with zero attached hydrogens (tertiary/aromatic N) is 4. The smallest absolute Gasteiger partial charge is 0.239 e. The Bertz CT molecular complexity index is 1350. The van der Waals surface area contributed by atoms with Crippen molar-refractivity contribution in [3.63, 3.8) is 0 Å². The van der Waals surface area contributed by atoms with Gasteiger partial charge in [-0.3, -0.25) is 14.7 Å². The van der Waals surface area contributed by atoms with E-state index in [0.717, 1.165) is 36.1 Å². The highest BCUT2D eigenvalue weighted by Gasteiger charge is 2.26. The molecule has 0 unspecified atom stereocenters. The van der Waals surface area contributed by atoms with Gasteiger partial charge in [0.25, 0.3) is 0 Å². The predicted octanol–water partition coefficient (Wildman–Crippen LogP) is 3.41. The molecule has 4 heterocycles. The summed E-state index contributed by atoms with van der Waals surface area (Å²) in [6, 6.07) is 9.67. The number of hydrogen-bond donors (Lipinski definition) is 2. The molecule has 1 amide bonds. The number of carbonyl (C=O) groups excluding carboxylic acids is 1. The molecule has 5 rings (SSSR count). The molecule has 0 bridgehead atoms. The average Bonchev–Trinajstić information content (AvgIpc) is 3.28. The van der Waals surface area contributed by atoms with Crippen molar-refractivity contribution in [2.45, 2.75) is 25.9 Å². The topological polar surface area (TPSA) is 100 Å². The SMILES string of the molecule is Cc1c[nH]c2nccc(Oc3ccc(C[C@H](N)C(=O)N4CCN(Cc5cccnc5)CC4)cc3F)c12. The summed E-state index contributed by atoms with van der Waals surface area (Å²) in [5, 5.41) is 0.814. The van der Waals surface area contributed by atoms with Crippen molar-refractivity contribution >= 4 is 16.9 Å². The second-order valence-corrected chi connectivity index (χ2v) is 9.14. The molecule has 186 valence electrons. The fourth-order valence-electron chi connectivity index (χ4n) is 4.59. The molecular formula is C27H29FN6O2. The second-order valence-electron chi connectivity index (χ2n) is 9.14. The van der Waals surface area contributed by atoms with Gasteiger partial charge in [0.2, 0.25) is 5.91 Å². The Balaban J connectivity index is 1.17. The van der Waals surface area contributed by atoms with Crippen LogP contribution in [0.25, 0.3) is 11.0 Å². The quantitative estimate of drug-likeness (QED) is 0.414. The van der Waals surface area contributed by atoms with Crippen molar-refractivity contribution in [3.05, 3.63) is 83.7 Å². The Labute approximate surface area is 208 Å². The molecule has 36 heavy (non-hydrogen) atoms. The molecule has 0 radical (unpaired) electrons. The van der Waals surface area contributed by atoms with E-state index in [2.05, 4.69) is 25.9 Å². The second kappa shape index (κ2) is 10.4. The van der Waals surface area contributed by atoms with Crippen molar-refractivity contribution < 1.29 is 13.9 Å². The number of rotatable bonds is 7. The van der Waals surface area contributed by atoms with E-state index in [-0.39, 0.29) is 18.1 Å². The molecule has 1 aliphatic heterocycles. The third-order valence-electron chi connectivity index (χ3n) is 6.53. The van der Waals surface area contributed by atoms with Gasteiger partial charge in [-0.25, -0.2) is 9.37 Å². The Hall–Kier alpha value is -3.82. The number of amides is 1. The molecule has 0 spiro atoms. The summed E-state index contributed by atoms with van der Waals surface area (Å²) in [5.74, 6) is 0.0182. The van der Waals surface area contributed by atoms with Gasteiger partial charge in [-0.05, 0) is 54.3 Å². The number of fused-ring (bicyclic) bond motifs is 1. The van der Waals surface area contributed by atoms with Crippen molar-refractivity contribution in [3.8, 4) is 11.5 Å². The van der Waals surface area contributed by atoms with Crippen LogP contribution >= 0.6 is 0 Å². The van der Waals surface area contributed by atoms with Crippen LogP contribution in [0.3, 0.4) is 0 Å². The fraction of sp³-hybridized carbons (Fsp3) is 0.296. The minimum atomic E-state index is -0.733. The Morgan fingerprint density at radius 3 is 2.72 bits per heavy atom. The molecule has 4 aromatic rings. The van der Waals surface area contributed by atoms with E-state index in [4.69, 9.17) is 10.5 Å². The third-order valence-corrected chi connectivity index (χ3v) is 6.53. The van der Waals surface area contributed by atoms with Gasteiger partial charge < -0.3 is 20.4 Å². The van der Waals surface area contributed by atoms with E-state index >= 15 is 0 Å². The van der Waals surface area contributed by atoms with E-state index in [1.165, 1.54) is 6.07 Å². The Kier molecular flexibility index (Phi) is 6.92. The molecule has 9 heteroatoms. The normalized spacial score (nSPS) is 15.2. The van der Waals surface area contributed by atoms with Gasteiger partial charge in [0.1, 0.15) is 11.4 Å². The van der Waals surface area contributed by atoms with E-state index in [1.807, 2.05) is 25.4 Å². The van der Waals surface area contributed by atoms with Crippen LogP contribution in [-0.2, 0) is 17.8 Å². The summed E-state index contributed by atoms with van der Waals surface area (Å²) in [6.45, 7) is 5.53. The van der Waals surface area contributed by atoms with Gasteiger partial charge in [0.05, 0.1) is 11.4 Å². The number of nitrogens with one attached hydrogen (secondary N) is 1. The Morgan fingerprint density at radius 1 is 1.14 bits per heavy atom. The summed E-state index contributed by atoms with van der Waals surface area (Å²) in [6.07, 6.45) is 7.33. The molecule has 8 nitrogen and oxygen atoms in total. The van der Waals surface area contributed by atoms with Gasteiger partial charge in [-0.1, -0.05) is 12.1 Å². The van der Waals surface area contributed by atoms with E-state index in [0.29, 0.717) is 30.0 Å². The maximum Gasteiger partial charge on any atom is 0.239 e. The molecule has 0 aliphatic carbocycles. The molecule has 1 fully saturated rings. The Morgan fingerprint density at radius 2 is 1.97 bits per heavy atom. The van der Waals surface area contributed by atoms with Crippen LogP contribution < -0.4 is 10.5 Å². The predicted molar refractivity (Wildman–Crippen MR) is 135 cm³/mol. The van der Waals surface area contributed by atoms with Gasteiger partial charge in [-0.15, -0.1) is 0 Å². The van der Waals surface area contributed by atoms with Gasteiger partial charge >= 0.3 is 0 Å². The monoisotopic (exact) mass is 488 g/mol. The largest absolute Gasteiger partial charge is 0.453 e. The van der Waals surface area contributed by atoms with Crippen LogP contribution in [0.4, 0.5) is 4.39 Å². The zero-order valence-corrected chi connectivity index (χ0v) is 20.2. The number of aromatic amines is 1. The van der Waals surface area contributed by atoms with Gasteiger partial charge in [-0.2, -0.15) is 0 Å². The highest BCUT2D eigenvalue weighted by Crippen LogP contribution is 2.32. The lowest BCUT2D eigenvalue weighted by Gasteiger charge is -2.35. The molecule has 1 saturated heterocycles. The lowest BCUT2D eigenvalue weighted by molar-refractivity contribution is -0.134. The van der Waals surface area contributed by atoms with Crippen LogP contribution in [0, 0.1) is 12.7 Å². The van der Waals surface area contributed by atoms with Crippen LogP contribution in [0.2, 0.25) is 0 Å². The van der Waals surface area contributed by atoms with Crippen molar-refractivity contribution in [2.75, 3.05) is 26.2 Å². The first-order valence-electron chi connectivity index (χ1n) is 12.0. The molecule has 3 aromatic heterocycles.